The Labute approximate surface area is 155 Å². The molecule has 7 heteroatoms. The van der Waals surface area contributed by atoms with Gasteiger partial charge in [-0.1, -0.05) is 19.9 Å². The molecule has 1 aliphatic rings. The lowest BCUT2D eigenvalue weighted by atomic mass is 10.0. The van der Waals surface area contributed by atoms with Gasteiger partial charge in [0.2, 0.25) is 0 Å². The van der Waals surface area contributed by atoms with E-state index in [4.69, 9.17) is 0 Å². The van der Waals surface area contributed by atoms with Gasteiger partial charge in [-0.3, -0.25) is 9.69 Å². The Hall–Kier alpha value is -2.25. The molecular weight excluding hydrogens is 328 g/mol. The number of likely N-dealkylation sites (N-methyl/N-ethyl adjacent to an activating group) is 1. The second kappa shape index (κ2) is 8.42. The number of carbonyl (C=O) groups excluding carboxylic acids is 1. The molecule has 0 bridgehead atoms. The van der Waals surface area contributed by atoms with Crippen molar-refractivity contribution in [1.29, 1.82) is 0 Å². The largest absolute Gasteiger partial charge is 0.350 e. The van der Waals surface area contributed by atoms with Crippen LogP contribution in [0.2, 0.25) is 0 Å². The molecule has 1 aromatic heterocycles. The third kappa shape index (κ3) is 4.47. The molecule has 1 N–H and O–H groups in total. The minimum atomic E-state index is -0.0493. The van der Waals surface area contributed by atoms with Crippen LogP contribution in [0, 0.1) is 5.92 Å². The quantitative estimate of drug-likeness (QED) is 0.844. The van der Waals surface area contributed by atoms with Gasteiger partial charge in [0.25, 0.3) is 5.91 Å². The third-order valence-corrected chi connectivity index (χ3v) is 5.04. The predicted molar refractivity (Wildman–Crippen MR) is 101 cm³/mol. The molecule has 1 fully saturated rings. The molecule has 26 heavy (non-hydrogen) atoms. The van der Waals surface area contributed by atoms with E-state index >= 15 is 0 Å². The first kappa shape index (κ1) is 18.5. The van der Waals surface area contributed by atoms with Gasteiger partial charge >= 0.3 is 0 Å². The molecule has 0 aliphatic carbocycles. The number of rotatable bonds is 6. The van der Waals surface area contributed by atoms with Crippen LogP contribution < -0.4 is 5.32 Å². The second-order valence-electron chi connectivity index (χ2n) is 7.25. The van der Waals surface area contributed by atoms with Gasteiger partial charge in [-0.15, -0.1) is 0 Å². The summed E-state index contributed by atoms with van der Waals surface area (Å²) in [5.41, 5.74) is 1.47. The Morgan fingerprint density at radius 2 is 2.00 bits per heavy atom. The van der Waals surface area contributed by atoms with E-state index in [1.807, 2.05) is 24.3 Å². The summed E-state index contributed by atoms with van der Waals surface area (Å²) in [5, 5.41) is 7.24. The van der Waals surface area contributed by atoms with Crippen molar-refractivity contribution in [2.24, 2.45) is 5.92 Å². The SMILES string of the molecule is CC(C)[C@H](CNC(=O)c1cccc(-n2cncn2)c1)N1CCN(C)CC1. The van der Waals surface area contributed by atoms with Crippen LogP contribution in [0.3, 0.4) is 0 Å². The Morgan fingerprint density at radius 1 is 1.23 bits per heavy atom. The average Bonchev–Trinajstić information content (AvgIpc) is 3.18. The molecule has 0 radical (unpaired) electrons. The zero-order chi connectivity index (χ0) is 18.5. The summed E-state index contributed by atoms with van der Waals surface area (Å²) in [6.45, 7) is 9.37. The topological polar surface area (TPSA) is 66.3 Å². The maximum atomic E-state index is 12.6. The normalized spacial score (nSPS) is 17.4. The smallest absolute Gasteiger partial charge is 0.251 e. The first-order valence-corrected chi connectivity index (χ1v) is 9.20. The van der Waals surface area contributed by atoms with Crippen molar-refractivity contribution in [1.82, 2.24) is 29.9 Å². The van der Waals surface area contributed by atoms with E-state index in [9.17, 15) is 4.79 Å². The number of benzene rings is 1. The van der Waals surface area contributed by atoms with E-state index in [0.29, 0.717) is 24.1 Å². The Morgan fingerprint density at radius 3 is 2.65 bits per heavy atom. The van der Waals surface area contributed by atoms with Crippen LogP contribution in [0.25, 0.3) is 5.69 Å². The lowest BCUT2D eigenvalue weighted by Gasteiger charge is -2.39. The van der Waals surface area contributed by atoms with E-state index in [2.05, 4.69) is 46.1 Å². The fourth-order valence-electron chi connectivity index (χ4n) is 3.37. The highest BCUT2D eigenvalue weighted by atomic mass is 16.1. The summed E-state index contributed by atoms with van der Waals surface area (Å²) in [6, 6.07) is 7.80. The number of nitrogens with one attached hydrogen (secondary N) is 1. The Kier molecular flexibility index (Phi) is 6.00. The maximum Gasteiger partial charge on any atom is 0.251 e. The highest BCUT2D eigenvalue weighted by Crippen LogP contribution is 2.14. The van der Waals surface area contributed by atoms with E-state index in [1.54, 1.807) is 11.0 Å². The Bertz CT molecular complexity index is 707. The molecule has 1 amide bonds. The molecule has 0 saturated carbocycles. The van der Waals surface area contributed by atoms with Gasteiger partial charge in [-0.25, -0.2) is 9.67 Å². The molecular formula is C19H28N6O. The minimum absolute atomic E-state index is 0.0493. The van der Waals surface area contributed by atoms with Crippen LogP contribution in [0.15, 0.2) is 36.9 Å². The van der Waals surface area contributed by atoms with Crippen LogP contribution in [-0.4, -0.2) is 76.3 Å². The summed E-state index contributed by atoms with van der Waals surface area (Å²) < 4.78 is 1.65. The van der Waals surface area contributed by atoms with Gasteiger partial charge in [0.15, 0.2) is 0 Å². The number of nitrogens with zero attached hydrogens (tertiary/aromatic N) is 5. The minimum Gasteiger partial charge on any atom is -0.350 e. The summed E-state index contributed by atoms with van der Waals surface area (Å²) in [7, 11) is 2.16. The van der Waals surface area contributed by atoms with E-state index in [0.717, 1.165) is 31.9 Å². The van der Waals surface area contributed by atoms with Crippen molar-refractivity contribution in [3.05, 3.63) is 42.5 Å². The molecule has 3 rings (SSSR count). The fourth-order valence-corrected chi connectivity index (χ4v) is 3.37. The number of aromatic nitrogens is 3. The maximum absolute atomic E-state index is 12.6. The van der Waals surface area contributed by atoms with Crippen LogP contribution in [0.1, 0.15) is 24.2 Å². The van der Waals surface area contributed by atoms with E-state index in [-0.39, 0.29) is 5.91 Å². The summed E-state index contributed by atoms with van der Waals surface area (Å²) >= 11 is 0. The standard InChI is InChI=1S/C19H28N6O/c1-15(2)18(24-9-7-23(3)8-10-24)12-21-19(26)16-5-4-6-17(11-16)25-14-20-13-22-25/h4-6,11,13-15,18H,7-10,12H2,1-3H3,(H,21,26)/t18-/m0/s1. The molecule has 7 nitrogen and oxygen atoms in total. The average molecular weight is 356 g/mol. The van der Waals surface area contributed by atoms with Gasteiger partial charge in [-0.2, -0.15) is 5.10 Å². The van der Waals surface area contributed by atoms with Crippen LogP contribution in [-0.2, 0) is 0 Å². The second-order valence-corrected chi connectivity index (χ2v) is 7.25. The molecule has 0 unspecified atom stereocenters. The lowest BCUT2D eigenvalue weighted by Crippen LogP contribution is -2.54. The molecule has 1 aliphatic heterocycles. The number of hydrogen-bond donors (Lipinski definition) is 1. The van der Waals surface area contributed by atoms with Crippen molar-refractivity contribution < 1.29 is 4.79 Å². The summed E-state index contributed by atoms with van der Waals surface area (Å²) in [6.07, 6.45) is 3.11. The molecule has 2 aromatic rings. The summed E-state index contributed by atoms with van der Waals surface area (Å²) in [5.74, 6) is 0.437. The first-order chi connectivity index (χ1) is 12.5. The number of amides is 1. The van der Waals surface area contributed by atoms with Crippen molar-refractivity contribution in [3.8, 4) is 5.69 Å². The molecule has 1 saturated heterocycles. The number of hydrogen-bond acceptors (Lipinski definition) is 5. The van der Waals surface area contributed by atoms with Gasteiger partial charge in [-0.05, 0) is 31.2 Å². The zero-order valence-electron chi connectivity index (χ0n) is 15.8. The summed E-state index contributed by atoms with van der Waals surface area (Å²) in [4.78, 5) is 21.4. The van der Waals surface area contributed by atoms with Crippen LogP contribution in [0.4, 0.5) is 0 Å². The fraction of sp³-hybridized carbons (Fsp3) is 0.526. The van der Waals surface area contributed by atoms with Crippen molar-refractivity contribution in [2.75, 3.05) is 39.8 Å². The molecule has 0 spiro atoms. The van der Waals surface area contributed by atoms with Gasteiger partial charge < -0.3 is 10.2 Å². The molecule has 2 heterocycles. The van der Waals surface area contributed by atoms with Gasteiger partial charge in [0.1, 0.15) is 12.7 Å². The molecule has 1 atom stereocenters. The first-order valence-electron chi connectivity index (χ1n) is 9.20. The Balaban J connectivity index is 1.62. The number of carbonyl (C=O) groups is 1. The molecule has 140 valence electrons. The highest BCUT2D eigenvalue weighted by molar-refractivity contribution is 5.94. The van der Waals surface area contributed by atoms with Gasteiger partial charge in [0, 0.05) is 44.3 Å². The van der Waals surface area contributed by atoms with Crippen molar-refractivity contribution >= 4 is 5.91 Å². The van der Waals surface area contributed by atoms with E-state index < -0.39 is 0 Å². The lowest BCUT2D eigenvalue weighted by molar-refractivity contribution is 0.0791. The molecule has 1 aromatic carbocycles. The predicted octanol–water partition coefficient (Wildman–Crippen LogP) is 1.27. The number of piperazine rings is 1. The zero-order valence-corrected chi connectivity index (χ0v) is 15.8. The monoisotopic (exact) mass is 356 g/mol. The highest BCUT2D eigenvalue weighted by Gasteiger charge is 2.25. The van der Waals surface area contributed by atoms with Crippen LogP contribution >= 0.6 is 0 Å². The van der Waals surface area contributed by atoms with Crippen molar-refractivity contribution in [3.63, 3.8) is 0 Å². The van der Waals surface area contributed by atoms with Crippen molar-refractivity contribution in [2.45, 2.75) is 19.9 Å². The third-order valence-electron chi connectivity index (χ3n) is 5.04. The van der Waals surface area contributed by atoms with E-state index in [1.165, 1.54) is 6.33 Å². The van der Waals surface area contributed by atoms with Gasteiger partial charge in [0.05, 0.1) is 5.69 Å². The van der Waals surface area contributed by atoms with Crippen LogP contribution in [0.5, 0.6) is 0 Å².